The number of hydrogen-bond acceptors (Lipinski definition) is 6. The van der Waals surface area contributed by atoms with Gasteiger partial charge in [0.2, 0.25) is 5.91 Å². The van der Waals surface area contributed by atoms with Gasteiger partial charge < -0.3 is 19.3 Å². The Balaban J connectivity index is 1.45. The van der Waals surface area contributed by atoms with E-state index in [1.807, 2.05) is 42.5 Å². The van der Waals surface area contributed by atoms with Crippen LogP contribution >= 0.6 is 0 Å². The van der Waals surface area contributed by atoms with E-state index in [1.165, 1.54) is 6.92 Å². The van der Waals surface area contributed by atoms with E-state index in [4.69, 9.17) is 14.0 Å². The first-order chi connectivity index (χ1) is 16.0. The molecule has 0 spiro atoms. The zero-order valence-electron chi connectivity index (χ0n) is 18.6. The van der Waals surface area contributed by atoms with Crippen LogP contribution in [0.4, 0.5) is 10.5 Å². The summed E-state index contributed by atoms with van der Waals surface area (Å²) in [5.74, 6) is 1.38. The van der Waals surface area contributed by atoms with Gasteiger partial charge in [-0.3, -0.25) is 9.69 Å². The number of benzene rings is 2. The van der Waals surface area contributed by atoms with Crippen molar-refractivity contribution in [1.29, 1.82) is 0 Å². The quantitative estimate of drug-likeness (QED) is 0.636. The van der Waals surface area contributed by atoms with Gasteiger partial charge in [-0.05, 0) is 55.2 Å². The molecule has 2 heterocycles. The maximum Gasteiger partial charge on any atom is 0.414 e. The first-order valence-corrected chi connectivity index (χ1v) is 11.0. The summed E-state index contributed by atoms with van der Waals surface area (Å²) in [4.78, 5) is 25.2. The summed E-state index contributed by atoms with van der Waals surface area (Å²) in [6.07, 6.45) is 1.85. The predicted molar refractivity (Wildman–Crippen MR) is 122 cm³/mol. The Morgan fingerprint density at radius 1 is 1.21 bits per heavy atom. The minimum absolute atomic E-state index is 0.148. The molecule has 0 saturated carbocycles. The van der Waals surface area contributed by atoms with Crippen LogP contribution in [0.2, 0.25) is 0 Å². The molecule has 5 rings (SSSR count). The molecular formula is C25H25N3O5. The number of aryl methyl sites for hydroxylation is 1. The van der Waals surface area contributed by atoms with E-state index >= 15 is 0 Å². The number of nitrogens with one attached hydrogen (secondary N) is 1. The molecular weight excluding hydrogens is 422 g/mol. The lowest BCUT2D eigenvalue weighted by molar-refractivity contribution is -0.119. The fraction of sp³-hybridized carbons (Fsp3) is 0.320. The van der Waals surface area contributed by atoms with Crippen molar-refractivity contribution in [3.8, 4) is 28.3 Å². The normalized spacial score (nSPS) is 17.1. The molecule has 8 heteroatoms. The van der Waals surface area contributed by atoms with E-state index in [1.54, 1.807) is 12.0 Å². The molecule has 8 nitrogen and oxygen atoms in total. The lowest BCUT2D eigenvalue weighted by atomic mass is 9.99. The number of aromatic nitrogens is 1. The highest BCUT2D eigenvalue weighted by molar-refractivity contribution is 5.91. The molecule has 1 N–H and O–H groups in total. The Morgan fingerprint density at radius 3 is 2.88 bits per heavy atom. The number of anilines is 1. The van der Waals surface area contributed by atoms with Gasteiger partial charge in [-0.2, -0.15) is 0 Å². The van der Waals surface area contributed by atoms with Crippen LogP contribution in [0.3, 0.4) is 0 Å². The molecule has 3 aromatic rings. The van der Waals surface area contributed by atoms with Crippen molar-refractivity contribution in [3.05, 3.63) is 53.6 Å². The monoisotopic (exact) mass is 447 g/mol. The second kappa shape index (κ2) is 8.61. The molecule has 1 fully saturated rings. The summed E-state index contributed by atoms with van der Waals surface area (Å²) in [5.41, 5.74) is 5.66. The maximum absolute atomic E-state index is 12.4. The predicted octanol–water partition coefficient (Wildman–Crippen LogP) is 3.97. The van der Waals surface area contributed by atoms with Crippen molar-refractivity contribution >= 4 is 17.7 Å². The number of carbonyl (C=O) groups is 2. The summed E-state index contributed by atoms with van der Waals surface area (Å²) in [6, 6.07) is 13.7. The zero-order chi connectivity index (χ0) is 22.9. The van der Waals surface area contributed by atoms with Gasteiger partial charge in [0.25, 0.3) is 0 Å². The fourth-order valence-electron chi connectivity index (χ4n) is 4.53. The first-order valence-electron chi connectivity index (χ1n) is 11.0. The third-order valence-electron chi connectivity index (χ3n) is 6.12. The van der Waals surface area contributed by atoms with Crippen LogP contribution in [0.1, 0.15) is 24.5 Å². The second-order valence-electron chi connectivity index (χ2n) is 8.29. The molecule has 170 valence electrons. The van der Waals surface area contributed by atoms with E-state index in [0.29, 0.717) is 13.1 Å². The lowest BCUT2D eigenvalue weighted by Crippen LogP contribution is -2.33. The van der Waals surface area contributed by atoms with Gasteiger partial charge in [-0.25, -0.2) is 4.79 Å². The van der Waals surface area contributed by atoms with Crippen molar-refractivity contribution in [2.24, 2.45) is 0 Å². The third kappa shape index (κ3) is 3.92. The van der Waals surface area contributed by atoms with Gasteiger partial charge in [0.15, 0.2) is 5.76 Å². The molecule has 1 unspecified atom stereocenters. The molecule has 1 atom stereocenters. The number of amides is 2. The van der Waals surface area contributed by atoms with E-state index in [9.17, 15) is 9.59 Å². The van der Waals surface area contributed by atoms with Gasteiger partial charge in [0.1, 0.15) is 17.5 Å². The van der Waals surface area contributed by atoms with Crippen LogP contribution in [0.5, 0.6) is 5.75 Å². The lowest BCUT2D eigenvalue weighted by Gasteiger charge is -2.15. The summed E-state index contributed by atoms with van der Waals surface area (Å²) < 4.78 is 16.8. The van der Waals surface area contributed by atoms with E-state index in [-0.39, 0.29) is 12.0 Å². The first kappa shape index (κ1) is 21.1. The molecule has 2 aromatic carbocycles. The summed E-state index contributed by atoms with van der Waals surface area (Å²) in [6.45, 7) is 2.14. The number of hydrogen-bond donors (Lipinski definition) is 1. The van der Waals surface area contributed by atoms with Crippen molar-refractivity contribution < 1.29 is 23.6 Å². The van der Waals surface area contributed by atoms with E-state index < -0.39 is 6.09 Å². The minimum Gasteiger partial charge on any atom is -0.496 e. The summed E-state index contributed by atoms with van der Waals surface area (Å²) in [7, 11) is 1.65. The van der Waals surface area contributed by atoms with Gasteiger partial charge in [0.05, 0.1) is 20.2 Å². The van der Waals surface area contributed by atoms with Crippen molar-refractivity contribution in [1.82, 2.24) is 10.5 Å². The number of cyclic esters (lactones) is 1. The number of nitrogens with zero attached hydrogens (tertiary/aromatic N) is 2. The van der Waals surface area contributed by atoms with Crippen LogP contribution in [0, 0.1) is 0 Å². The average Bonchev–Trinajstić information content (AvgIpc) is 3.35. The number of ether oxygens (including phenoxy) is 2. The van der Waals surface area contributed by atoms with Gasteiger partial charge in [-0.1, -0.05) is 17.3 Å². The van der Waals surface area contributed by atoms with Crippen molar-refractivity contribution in [2.45, 2.75) is 32.3 Å². The molecule has 2 aliphatic rings. The van der Waals surface area contributed by atoms with Crippen LogP contribution < -0.4 is 15.0 Å². The Bertz CT molecular complexity index is 1220. The van der Waals surface area contributed by atoms with Gasteiger partial charge in [-0.15, -0.1) is 0 Å². The van der Waals surface area contributed by atoms with Crippen LogP contribution in [-0.4, -0.2) is 43.5 Å². The fourth-order valence-corrected chi connectivity index (χ4v) is 4.53. The number of methoxy groups -OCH3 is 1. The second-order valence-corrected chi connectivity index (χ2v) is 8.29. The molecule has 1 aromatic heterocycles. The number of fused-ring (bicyclic) bond motifs is 3. The average molecular weight is 447 g/mol. The topological polar surface area (TPSA) is 93.9 Å². The highest BCUT2D eigenvalue weighted by Crippen LogP contribution is 2.41. The summed E-state index contributed by atoms with van der Waals surface area (Å²) in [5, 5.41) is 7.10. The van der Waals surface area contributed by atoms with Crippen LogP contribution in [0.15, 0.2) is 47.0 Å². The van der Waals surface area contributed by atoms with E-state index in [2.05, 4.69) is 10.5 Å². The largest absolute Gasteiger partial charge is 0.496 e. The highest BCUT2D eigenvalue weighted by atomic mass is 16.6. The smallest absolute Gasteiger partial charge is 0.414 e. The highest BCUT2D eigenvalue weighted by Gasteiger charge is 2.33. The molecule has 33 heavy (non-hydrogen) atoms. The van der Waals surface area contributed by atoms with Crippen molar-refractivity contribution in [3.63, 3.8) is 0 Å². The van der Waals surface area contributed by atoms with E-state index in [0.717, 1.165) is 64.4 Å². The Morgan fingerprint density at radius 2 is 2.06 bits per heavy atom. The molecule has 1 aliphatic carbocycles. The maximum atomic E-state index is 12.4. The minimum atomic E-state index is -0.405. The number of carbonyl (C=O) groups excluding carboxylic acids is 2. The molecule has 2 amide bonds. The van der Waals surface area contributed by atoms with Crippen molar-refractivity contribution in [2.75, 3.05) is 25.1 Å². The Hall–Kier alpha value is -3.81. The van der Waals surface area contributed by atoms with Gasteiger partial charge >= 0.3 is 6.09 Å². The van der Waals surface area contributed by atoms with Crippen LogP contribution in [0.25, 0.3) is 22.6 Å². The molecule has 0 radical (unpaired) electrons. The Labute approximate surface area is 191 Å². The van der Waals surface area contributed by atoms with Crippen LogP contribution in [-0.2, 0) is 22.4 Å². The number of rotatable bonds is 5. The van der Waals surface area contributed by atoms with Gasteiger partial charge in [0, 0.05) is 29.3 Å². The zero-order valence-corrected chi connectivity index (χ0v) is 18.6. The summed E-state index contributed by atoms with van der Waals surface area (Å²) >= 11 is 0. The third-order valence-corrected chi connectivity index (χ3v) is 6.12. The number of para-hydroxylation sites is 1. The molecule has 1 saturated heterocycles. The standard InChI is InChI=1S/C25H25N3O5/c1-15(29)26-13-18-14-28(25(30)32-18)17-10-11-19-16(12-17)6-5-8-21-23(27-33-24(19)21)20-7-3-4-9-22(20)31-2/h3-4,7,9-12,18H,5-6,8,13-14H2,1-2H3,(H,26,29). The molecule has 1 aliphatic heterocycles. The Kier molecular flexibility index (Phi) is 5.50. The SMILES string of the molecule is COc1ccccc1-c1noc2c1CCCc1cc(N3CC(CNC(C)=O)OC3=O)ccc1-2. The molecule has 0 bridgehead atoms.